The highest BCUT2D eigenvalue weighted by Crippen LogP contribution is 2.39. The molecular weight excluding hydrogens is 427 g/mol. The van der Waals surface area contributed by atoms with Gasteiger partial charge in [-0.3, -0.25) is 20.3 Å². The fourth-order valence-electron chi connectivity index (χ4n) is 3.75. The number of nitrogens with two attached hydrogens (primary N) is 1. The van der Waals surface area contributed by atoms with E-state index in [1.807, 2.05) is 5.32 Å². The Morgan fingerprint density at radius 2 is 1.94 bits per heavy atom. The number of hydrogen-bond donors (Lipinski definition) is 3. The molecule has 170 valence electrons. The van der Waals surface area contributed by atoms with Crippen LogP contribution in [0.15, 0.2) is 36.5 Å². The zero-order valence-corrected chi connectivity index (χ0v) is 17.2. The lowest BCUT2D eigenvalue weighted by Crippen LogP contribution is -2.39. The van der Waals surface area contributed by atoms with Gasteiger partial charge in [-0.1, -0.05) is 6.07 Å². The van der Waals surface area contributed by atoms with Gasteiger partial charge in [0.15, 0.2) is 11.7 Å². The van der Waals surface area contributed by atoms with E-state index in [4.69, 9.17) is 15.9 Å². The second-order valence-electron chi connectivity index (χ2n) is 7.29. The molecule has 1 aliphatic heterocycles. The number of pyridine rings is 1. The highest BCUT2D eigenvalue weighted by Gasteiger charge is 2.37. The predicted octanol–water partition coefficient (Wildman–Crippen LogP) is 2.75. The maximum atomic E-state index is 13.7. The minimum absolute atomic E-state index is 0.0689. The number of amides is 2. The van der Waals surface area contributed by atoms with E-state index in [0.29, 0.717) is 18.6 Å². The number of halogens is 3. The number of hydrogen-bond acceptors (Lipinski definition) is 5. The van der Waals surface area contributed by atoms with E-state index in [0.717, 1.165) is 6.07 Å². The Morgan fingerprint density at radius 1 is 1.25 bits per heavy atom. The third-order valence-electron chi connectivity index (χ3n) is 5.28. The van der Waals surface area contributed by atoms with Crippen molar-refractivity contribution in [2.45, 2.75) is 24.9 Å². The van der Waals surface area contributed by atoms with Gasteiger partial charge in [0, 0.05) is 24.8 Å². The number of likely N-dealkylation sites (tertiary alicyclic amines) is 1. The van der Waals surface area contributed by atoms with E-state index >= 15 is 0 Å². The van der Waals surface area contributed by atoms with Gasteiger partial charge in [-0.2, -0.15) is 13.2 Å². The standard InChI is InChI=1S/C21H22F3N5O3/c1-32-16-3-2-8-27-17(16)19(31)29-9-6-12(7-10-29)14-5-4-13(18(30)28-20(25)26)11-15(14)21(22,23)24/h2-5,8,11-12H,6-7,9-10H2,1H3,(H4,25,26,28,30). The van der Waals surface area contributed by atoms with Crippen LogP contribution >= 0.6 is 0 Å². The van der Waals surface area contributed by atoms with Crippen molar-refractivity contribution in [3.05, 3.63) is 58.9 Å². The number of carbonyl (C=O) groups excluding carboxylic acids is 2. The molecule has 0 unspecified atom stereocenters. The number of nitrogens with one attached hydrogen (secondary N) is 2. The summed E-state index contributed by atoms with van der Waals surface area (Å²) in [5, 5.41) is 9.05. The largest absolute Gasteiger partial charge is 0.494 e. The number of nitrogens with zero attached hydrogens (tertiary/aromatic N) is 2. The molecule has 0 atom stereocenters. The zero-order chi connectivity index (χ0) is 23.5. The number of benzene rings is 1. The van der Waals surface area contributed by atoms with E-state index in [2.05, 4.69) is 4.98 Å². The summed E-state index contributed by atoms with van der Waals surface area (Å²) in [5.74, 6) is -1.99. The predicted molar refractivity (Wildman–Crippen MR) is 109 cm³/mol. The lowest BCUT2D eigenvalue weighted by atomic mass is 9.85. The number of aromatic nitrogens is 1. The molecule has 8 nitrogen and oxygen atoms in total. The summed E-state index contributed by atoms with van der Waals surface area (Å²) in [7, 11) is 1.43. The maximum absolute atomic E-state index is 13.7. The molecule has 3 rings (SSSR count). The van der Waals surface area contributed by atoms with Crippen LogP contribution in [0.1, 0.15) is 50.7 Å². The van der Waals surface area contributed by atoms with Crippen LogP contribution in [-0.2, 0) is 6.18 Å². The molecule has 4 N–H and O–H groups in total. The molecule has 0 radical (unpaired) electrons. The van der Waals surface area contributed by atoms with Gasteiger partial charge in [-0.05, 0) is 48.6 Å². The molecule has 0 saturated carbocycles. The molecule has 0 bridgehead atoms. The summed E-state index contributed by atoms with van der Waals surface area (Å²) in [6.45, 7) is 0.514. The Morgan fingerprint density at radius 3 is 2.53 bits per heavy atom. The molecule has 2 aromatic rings. The van der Waals surface area contributed by atoms with Gasteiger partial charge in [0.05, 0.1) is 12.7 Å². The molecule has 0 aliphatic carbocycles. The molecule has 2 amide bonds. The molecule has 1 fully saturated rings. The molecule has 11 heteroatoms. The Hall–Kier alpha value is -3.63. The van der Waals surface area contributed by atoms with Crippen LogP contribution in [0.5, 0.6) is 5.75 Å². The number of carbonyl (C=O) groups is 2. The number of guanidine groups is 1. The Labute approximate surface area is 182 Å². The normalized spacial score (nSPS) is 14.7. The molecular formula is C21H22F3N5O3. The lowest BCUT2D eigenvalue weighted by Gasteiger charge is -2.33. The monoisotopic (exact) mass is 449 g/mol. The molecule has 0 spiro atoms. The number of piperidine rings is 1. The summed E-state index contributed by atoms with van der Waals surface area (Å²) in [6, 6.07) is 6.58. The third kappa shape index (κ3) is 4.98. The quantitative estimate of drug-likeness (QED) is 0.490. The van der Waals surface area contributed by atoms with E-state index in [-0.39, 0.29) is 35.8 Å². The molecule has 1 aromatic heterocycles. The topological polar surface area (TPSA) is 121 Å². The van der Waals surface area contributed by atoms with E-state index in [1.54, 1.807) is 17.0 Å². The van der Waals surface area contributed by atoms with Crippen LogP contribution < -0.4 is 15.8 Å². The lowest BCUT2D eigenvalue weighted by molar-refractivity contribution is -0.138. The third-order valence-corrected chi connectivity index (χ3v) is 5.28. The molecule has 2 heterocycles. The van der Waals surface area contributed by atoms with Gasteiger partial charge < -0.3 is 15.4 Å². The van der Waals surface area contributed by atoms with Gasteiger partial charge in [-0.15, -0.1) is 0 Å². The molecule has 32 heavy (non-hydrogen) atoms. The fourth-order valence-corrected chi connectivity index (χ4v) is 3.75. The summed E-state index contributed by atoms with van der Waals surface area (Å²) in [4.78, 5) is 30.4. The van der Waals surface area contributed by atoms with Gasteiger partial charge in [0.2, 0.25) is 0 Å². The minimum atomic E-state index is -4.67. The molecule has 1 aromatic carbocycles. The molecule has 1 aliphatic rings. The maximum Gasteiger partial charge on any atom is 0.416 e. The number of methoxy groups -OCH3 is 1. The van der Waals surface area contributed by atoms with Crippen molar-refractivity contribution in [3.63, 3.8) is 0 Å². The highest BCUT2D eigenvalue weighted by atomic mass is 19.4. The van der Waals surface area contributed by atoms with Crippen LogP contribution in [0.25, 0.3) is 0 Å². The Kier molecular flexibility index (Phi) is 6.66. The van der Waals surface area contributed by atoms with E-state index in [9.17, 15) is 22.8 Å². The summed E-state index contributed by atoms with van der Waals surface area (Å²) >= 11 is 0. The van der Waals surface area contributed by atoms with Crippen LogP contribution in [0.4, 0.5) is 13.2 Å². The number of alkyl halides is 3. The summed E-state index contributed by atoms with van der Waals surface area (Å²) < 4.78 is 46.4. The van der Waals surface area contributed by atoms with Crippen molar-refractivity contribution in [1.29, 1.82) is 5.41 Å². The smallest absolute Gasteiger partial charge is 0.416 e. The van der Waals surface area contributed by atoms with Gasteiger partial charge in [0.1, 0.15) is 5.75 Å². The summed E-state index contributed by atoms with van der Waals surface area (Å²) in [5.41, 5.74) is 4.15. The number of rotatable bonds is 4. The van der Waals surface area contributed by atoms with E-state index < -0.39 is 29.5 Å². The Bertz CT molecular complexity index is 1030. The zero-order valence-electron chi connectivity index (χ0n) is 17.2. The highest BCUT2D eigenvalue weighted by molar-refractivity contribution is 6.04. The van der Waals surface area contributed by atoms with Crippen LogP contribution in [0.2, 0.25) is 0 Å². The van der Waals surface area contributed by atoms with Crippen molar-refractivity contribution in [2.75, 3.05) is 20.2 Å². The van der Waals surface area contributed by atoms with Gasteiger partial charge in [-0.25, -0.2) is 4.98 Å². The second-order valence-corrected chi connectivity index (χ2v) is 7.29. The SMILES string of the molecule is COc1cccnc1C(=O)N1CCC(c2ccc(C(=O)NC(=N)N)cc2C(F)(F)F)CC1. The average Bonchev–Trinajstić information content (AvgIpc) is 2.77. The van der Waals surface area contributed by atoms with Gasteiger partial charge in [0.25, 0.3) is 11.8 Å². The first-order valence-corrected chi connectivity index (χ1v) is 9.76. The fraction of sp³-hybridized carbons (Fsp3) is 0.333. The van der Waals surface area contributed by atoms with E-state index in [1.165, 1.54) is 25.4 Å². The van der Waals surface area contributed by atoms with Crippen molar-refractivity contribution < 1.29 is 27.5 Å². The van der Waals surface area contributed by atoms with Crippen molar-refractivity contribution >= 4 is 17.8 Å². The van der Waals surface area contributed by atoms with Crippen LogP contribution in [-0.4, -0.2) is 47.9 Å². The van der Waals surface area contributed by atoms with Crippen molar-refractivity contribution in [3.8, 4) is 5.75 Å². The van der Waals surface area contributed by atoms with Crippen molar-refractivity contribution in [1.82, 2.24) is 15.2 Å². The van der Waals surface area contributed by atoms with Crippen LogP contribution in [0, 0.1) is 5.41 Å². The first-order valence-electron chi connectivity index (χ1n) is 9.76. The summed E-state index contributed by atoms with van der Waals surface area (Å²) in [6.07, 6.45) is -2.55. The van der Waals surface area contributed by atoms with Crippen molar-refractivity contribution in [2.24, 2.45) is 5.73 Å². The first kappa shape index (κ1) is 23.0. The minimum Gasteiger partial charge on any atom is -0.494 e. The van der Waals surface area contributed by atoms with Crippen LogP contribution in [0.3, 0.4) is 0 Å². The second kappa shape index (κ2) is 9.25. The Balaban J connectivity index is 1.79. The average molecular weight is 449 g/mol. The number of ether oxygens (including phenoxy) is 1. The first-order chi connectivity index (χ1) is 15.1. The van der Waals surface area contributed by atoms with Gasteiger partial charge >= 0.3 is 6.18 Å². The molecule has 1 saturated heterocycles.